The van der Waals surface area contributed by atoms with Crippen LogP contribution >= 0.6 is 0 Å². The van der Waals surface area contributed by atoms with Crippen LogP contribution in [0.4, 0.5) is 0 Å². The smallest absolute Gasteiger partial charge is 0.0632 e. The molecule has 0 atom stereocenters. The predicted molar refractivity (Wildman–Crippen MR) is 261 cm³/mol. The largest absolute Gasteiger partial charge is 0.308 e. The highest BCUT2D eigenvalue weighted by atomic mass is 15.0. The van der Waals surface area contributed by atoms with Crippen LogP contribution in [0.25, 0.3) is 94.0 Å². The monoisotopic (exact) mass is 786 g/mol. The first-order valence-electron chi connectivity index (χ1n) is 21.4. The standard InChI is InChI=1S/C60H38N2/c1-5-21-39(22-6-1)47-37-49-50(38-48(47)40-23-7-2-8-24-40)59(61-51-33-17-13-29-43(51)44-30-14-18-34-52(44)61)58-55(41-25-9-3-10-26-41)56(42-27-11-4-12-28-42)60(57(49)58)62-53-35-19-15-31-45(53)46-32-16-20-36-54(46)62/h1-38H. The molecular formula is C60H38N2. The fraction of sp³-hybridized carbons (Fsp3) is 0. The van der Waals surface area contributed by atoms with Crippen molar-refractivity contribution < 1.29 is 0 Å². The van der Waals surface area contributed by atoms with Crippen molar-refractivity contribution in [1.29, 1.82) is 0 Å². The first-order chi connectivity index (χ1) is 30.8. The summed E-state index contributed by atoms with van der Waals surface area (Å²) in [6, 6.07) is 84.8. The number of rotatable bonds is 6. The van der Waals surface area contributed by atoms with Gasteiger partial charge in [0.1, 0.15) is 0 Å². The maximum absolute atomic E-state index is 2.57. The Hall–Kier alpha value is -8.20. The second-order valence-corrected chi connectivity index (χ2v) is 16.3. The quantitative estimate of drug-likeness (QED) is 0.159. The van der Waals surface area contributed by atoms with E-state index in [1.807, 2.05) is 0 Å². The van der Waals surface area contributed by atoms with Gasteiger partial charge in [-0.05, 0) is 75.3 Å². The van der Waals surface area contributed by atoms with E-state index >= 15 is 0 Å². The fourth-order valence-electron chi connectivity index (χ4n) is 10.5. The second kappa shape index (κ2) is 13.7. The van der Waals surface area contributed by atoms with Gasteiger partial charge in [-0.15, -0.1) is 0 Å². The highest BCUT2D eigenvalue weighted by Gasteiger charge is 2.43. The molecule has 0 radical (unpaired) electrons. The summed E-state index contributed by atoms with van der Waals surface area (Å²) < 4.78 is 5.15. The number of aromatic nitrogens is 2. The summed E-state index contributed by atoms with van der Waals surface area (Å²) in [5, 5.41) is 4.97. The van der Waals surface area contributed by atoms with Crippen LogP contribution in [0.3, 0.4) is 0 Å². The summed E-state index contributed by atoms with van der Waals surface area (Å²) in [4.78, 5) is 0. The van der Waals surface area contributed by atoms with E-state index in [0.717, 1.165) is 0 Å². The predicted octanol–water partition coefficient (Wildman–Crippen LogP) is 15.5. The number of benzene rings is 9. The Morgan fingerprint density at radius 3 is 0.952 bits per heavy atom. The van der Waals surface area contributed by atoms with Crippen molar-refractivity contribution in [1.82, 2.24) is 9.13 Å². The minimum absolute atomic E-state index is 1.19. The third-order valence-corrected chi connectivity index (χ3v) is 13.0. The lowest BCUT2D eigenvalue weighted by Crippen LogP contribution is -2.03. The molecule has 2 aliphatic carbocycles. The van der Waals surface area contributed by atoms with Crippen LogP contribution in [0.1, 0.15) is 22.3 Å². The van der Waals surface area contributed by atoms with Crippen molar-refractivity contribution in [2.75, 3.05) is 0 Å². The van der Waals surface area contributed by atoms with Gasteiger partial charge in [-0.3, -0.25) is 0 Å². The first kappa shape index (κ1) is 34.6. The third kappa shape index (κ3) is 4.98. The molecule has 0 fully saturated rings. The molecule has 0 unspecified atom stereocenters. The number of allylic oxidation sites excluding steroid dienone is 5. The normalized spacial score (nSPS) is 13.6. The lowest BCUT2D eigenvalue weighted by Gasteiger charge is -2.21. The molecule has 13 rings (SSSR count). The Kier molecular flexibility index (Phi) is 7.64. The fourth-order valence-corrected chi connectivity index (χ4v) is 10.5. The Balaban J connectivity index is 1.30. The van der Waals surface area contributed by atoms with Crippen LogP contribution in [0.2, 0.25) is 0 Å². The molecule has 0 N–H and O–H groups in total. The minimum atomic E-state index is 1.19. The number of hydrogen-bond donors (Lipinski definition) is 0. The zero-order chi connectivity index (χ0) is 40.7. The van der Waals surface area contributed by atoms with Crippen LogP contribution in [-0.2, 0) is 0 Å². The Bertz CT molecular complexity index is 3590. The Morgan fingerprint density at radius 2 is 0.532 bits per heavy atom. The number of hydrogen-bond acceptors (Lipinski definition) is 0. The topological polar surface area (TPSA) is 9.86 Å². The lowest BCUT2D eigenvalue weighted by atomic mass is 9.88. The van der Waals surface area contributed by atoms with Crippen LogP contribution in [0, 0.1) is 0 Å². The van der Waals surface area contributed by atoms with Gasteiger partial charge in [0.2, 0.25) is 0 Å². The van der Waals surface area contributed by atoms with E-state index in [-0.39, 0.29) is 0 Å². The van der Waals surface area contributed by atoms with Gasteiger partial charge in [-0.1, -0.05) is 194 Å². The van der Waals surface area contributed by atoms with Gasteiger partial charge in [-0.25, -0.2) is 0 Å². The van der Waals surface area contributed by atoms with Crippen LogP contribution in [-0.4, -0.2) is 9.13 Å². The minimum Gasteiger partial charge on any atom is -0.308 e. The van der Waals surface area contributed by atoms with Gasteiger partial charge >= 0.3 is 0 Å². The van der Waals surface area contributed by atoms with Crippen molar-refractivity contribution in [2.24, 2.45) is 0 Å². The number of fused-ring (bicyclic) bond motifs is 9. The zero-order valence-corrected chi connectivity index (χ0v) is 33.8. The molecule has 11 aromatic rings. The molecule has 2 nitrogen and oxygen atoms in total. The van der Waals surface area contributed by atoms with E-state index < -0.39 is 0 Å². The molecule has 9 aromatic carbocycles. The van der Waals surface area contributed by atoms with E-state index in [9.17, 15) is 0 Å². The number of para-hydroxylation sites is 4. The molecule has 2 heterocycles. The highest BCUT2D eigenvalue weighted by Crippen LogP contribution is 2.62. The van der Waals surface area contributed by atoms with Crippen molar-refractivity contribution >= 4 is 71.7 Å². The molecule has 2 aromatic heterocycles. The van der Waals surface area contributed by atoms with Gasteiger partial charge in [-0.2, -0.15) is 0 Å². The summed E-state index contributed by atoms with van der Waals surface area (Å²) in [5.74, 6) is 0. The maximum Gasteiger partial charge on any atom is 0.0632 e. The summed E-state index contributed by atoms with van der Waals surface area (Å²) in [6.07, 6.45) is 0. The van der Waals surface area contributed by atoms with Crippen molar-refractivity contribution in [3.8, 4) is 22.3 Å². The molecule has 0 spiro atoms. The van der Waals surface area contributed by atoms with Crippen LogP contribution in [0.15, 0.2) is 236 Å². The van der Waals surface area contributed by atoms with Gasteiger partial charge in [0.05, 0.1) is 33.5 Å². The highest BCUT2D eigenvalue weighted by molar-refractivity contribution is 6.38. The maximum atomic E-state index is 2.57. The molecule has 2 aliphatic rings. The molecule has 0 saturated heterocycles. The lowest BCUT2D eigenvalue weighted by molar-refractivity contribution is 1.22. The summed E-state index contributed by atoms with van der Waals surface area (Å²) in [5.41, 5.74) is 21.7. The average Bonchev–Trinajstić information content (AvgIpc) is 4.07. The Labute approximate surface area is 359 Å². The van der Waals surface area contributed by atoms with Crippen molar-refractivity contribution in [2.45, 2.75) is 0 Å². The van der Waals surface area contributed by atoms with Gasteiger partial charge < -0.3 is 9.13 Å². The first-order valence-corrected chi connectivity index (χ1v) is 21.4. The SMILES string of the molecule is c1ccc(C2=C(c3ccccc3)C(n3c4ccccc4c4ccccc43)=C3C2=C(n2c4ccccc4c4ccccc42)c2cc(-c4ccccc4)c(-c4ccccc4)cc23)cc1. The molecule has 0 saturated carbocycles. The molecular weight excluding hydrogens is 749 g/mol. The second-order valence-electron chi connectivity index (χ2n) is 16.3. The molecule has 288 valence electrons. The van der Waals surface area contributed by atoms with Gasteiger partial charge in [0, 0.05) is 49.4 Å². The van der Waals surface area contributed by atoms with Crippen molar-refractivity contribution in [3.05, 3.63) is 258 Å². The van der Waals surface area contributed by atoms with Crippen LogP contribution in [0.5, 0.6) is 0 Å². The van der Waals surface area contributed by atoms with E-state index in [0.29, 0.717) is 0 Å². The van der Waals surface area contributed by atoms with Crippen molar-refractivity contribution in [3.63, 3.8) is 0 Å². The zero-order valence-electron chi connectivity index (χ0n) is 33.8. The summed E-state index contributed by atoms with van der Waals surface area (Å²) >= 11 is 0. The van der Waals surface area contributed by atoms with E-state index in [1.165, 1.54) is 122 Å². The van der Waals surface area contributed by atoms with Crippen LogP contribution < -0.4 is 0 Å². The summed E-state index contributed by atoms with van der Waals surface area (Å²) in [7, 11) is 0. The van der Waals surface area contributed by atoms with E-state index in [1.54, 1.807) is 0 Å². The molecule has 0 aliphatic heterocycles. The molecule has 62 heavy (non-hydrogen) atoms. The van der Waals surface area contributed by atoms with Gasteiger partial charge in [0.15, 0.2) is 0 Å². The molecule has 0 amide bonds. The average molecular weight is 787 g/mol. The third-order valence-electron chi connectivity index (χ3n) is 13.0. The van der Waals surface area contributed by atoms with E-state index in [4.69, 9.17) is 0 Å². The molecule has 2 heteroatoms. The van der Waals surface area contributed by atoms with E-state index in [2.05, 4.69) is 240 Å². The number of nitrogens with zero attached hydrogens (tertiary/aromatic N) is 2. The molecule has 0 bridgehead atoms. The van der Waals surface area contributed by atoms with Gasteiger partial charge in [0.25, 0.3) is 0 Å². The Morgan fingerprint density at radius 1 is 0.210 bits per heavy atom. The summed E-state index contributed by atoms with van der Waals surface area (Å²) in [6.45, 7) is 0.